The minimum absolute atomic E-state index is 0.0651. The van der Waals surface area contributed by atoms with E-state index >= 15 is 0 Å². The number of hydrogen-bond acceptors (Lipinski definition) is 4. The van der Waals surface area contributed by atoms with Crippen molar-refractivity contribution < 1.29 is 13.2 Å². The van der Waals surface area contributed by atoms with E-state index in [1.54, 1.807) is 24.5 Å². The summed E-state index contributed by atoms with van der Waals surface area (Å²) in [6, 6.07) is 10.0. The highest BCUT2D eigenvalue weighted by Gasteiger charge is 2.34. The minimum Gasteiger partial charge on any atom is -0.384 e. The lowest BCUT2D eigenvalue weighted by atomic mass is 10.1. The SMILES string of the molecule is Nc1cc(-c2ccncc2)nc(-c2ccccc2C(F)(F)F)n1. The van der Waals surface area contributed by atoms with Crippen LogP contribution in [0.4, 0.5) is 19.0 Å². The van der Waals surface area contributed by atoms with E-state index in [0.29, 0.717) is 11.3 Å². The van der Waals surface area contributed by atoms with Crippen molar-refractivity contribution in [1.82, 2.24) is 15.0 Å². The molecule has 0 saturated heterocycles. The predicted molar refractivity (Wildman–Crippen MR) is 80.1 cm³/mol. The summed E-state index contributed by atoms with van der Waals surface area (Å²) < 4.78 is 39.5. The van der Waals surface area contributed by atoms with Crippen molar-refractivity contribution in [3.8, 4) is 22.6 Å². The number of anilines is 1. The van der Waals surface area contributed by atoms with Gasteiger partial charge in [0.05, 0.1) is 11.3 Å². The molecule has 2 heterocycles. The highest BCUT2D eigenvalue weighted by molar-refractivity contribution is 5.68. The first kappa shape index (κ1) is 15.0. The molecule has 0 radical (unpaired) electrons. The van der Waals surface area contributed by atoms with Crippen molar-refractivity contribution in [2.75, 3.05) is 5.73 Å². The molecule has 0 bridgehead atoms. The van der Waals surface area contributed by atoms with Crippen LogP contribution in [-0.4, -0.2) is 15.0 Å². The van der Waals surface area contributed by atoms with Crippen LogP contribution in [0.5, 0.6) is 0 Å². The van der Waals surface area contributed by atoms with Crippen LogP contribution >= 0.6 is 0 Å². The number of aromatic nitrogens is 3. The molecule has 0 saturated carbocycles. The van der Waals surface area contributed by atoms with E-state index in [0.717, 1.165) is 6.07 Å². The second-order valence-corrected chi connectivity index (χ2v) is 4.78. The first-order valence-corrected chi connectivity index (χ1v) is 6.67. The Labute approximate surface area is 129 Å². The average molecular weight is 316 g/mol. The summed E-state index contributed by atoms with van der Waals surface area (Å²) in [7, 11) is 0. The van der Waals surface area contributed by atoms with Crippen LogP contribution in [0.1, 0.15) is 5.56 Å². The maximum absolute atomic E-state index is 13.2. The van der Waals surface area contributed by atoms with Crippen molar-refractivity contribution in [1.29, 1.82) is 0 Å². The van der Waals surface area contributed by atoms with Crippen LogP contribution in [0.3, 0.4) is 0 Å². The summed E-state index contributed by atoms with van der Waals surface area (Å²) in [5.41, 5.74) is 5.97. The molecule has 0 fully saturated rings. The molecule has 0 aliphatic carbocycles. The first-order valence-electron chi connectivity index (χ1n) is 6.67. The average Bonchev–Trinajstić information content (AvgIpc) is 2.54. The van der Waals surface area contributed by atoms with Crippen LogP contribution in [-0.2, 0) is 6.18 Å². The molecular formula is C16H11F3N4. The van der Waals surface area contributed by atoms with Gasteiger partial charge in [0.15, 0.2) is 5.82 Å². The molecule has 0 aliphatic rings. The second kappa shape index (κ2) is 5.68. The molecule has 0 amide bonds. The van der Waals surface area contributed by atoms with Gasteiger partial charge in [-0.1, -0.05) is 18.2 Å². The van der Waals surface area contributed by atoms with Crippen LogP contribution in [0.2, 0.25) is 0 Å². The van der Waals surface area contributed by atoms with E-state index in [-0.39, 0.29) is 17.2 Å². The van der Waals surface area contributed by atoms with Gasteiger partial charge in [-0.3, -0.25) is 4.98 Å². The number of halogens is 3. The number of pyridine rings is 1. The summed E-state index contributed by atoms with van der Waals surface area (Å²) in [4.78, 5) is 12.1. The maximum atomic E-state index is 13.2. The van der Waals surface area contributed by atoms with Gasteiger partial charge >= 0.3 is 6.18 Å². The Morgan fingerprint density at radius 2 is 1.61 bits per heavy atom. The van der Waals surface area contributed by atoms with Crippen LogP contribution in [0.15, 0.2) is 54.9 Å². The number of rotatable bonds is 2. The second-order valence-electron chi connectivity index (χ2n) is 4.78. The zero-order valence-corrected chi connectivity index (χ0v) is 11.7. The number of nitrogen functional groups attached to an aromatic ring is 1. The fraction of sp³-hybridized carbons (Fsp3) is 0.0625. The van der Waals surface area contributed by atoms with Crippen LogP contribution < -0.4 is 5.73 Å². The Morgan fingerprint density at radius 1 is 0.913 bits per heavy atom. The lowest BCUT2D eigenvalue weighted by Crippen LogP contribution is -2.08. The van der Waals surface area contributed by atoms with Gasteiger partial charge in [0.25, 0.3) is 0 Å². The van der Waals surface area contributed by atoms with Crippen molar-refractivity contribution in [3.05, 3.63) is 60.4 Å². The highest BCUT2D eigenvalue weighted by Crippen LogP contribution is 2.36. The highest BCUT2D eigenvalue weighted by atomic mass is 19.4. The maximum Gasteiger partial charge on any atom is 0.417 e. The van der Waals surface area contributed by atoms with Crippen molar-refractivity contribution in [3.63, 3.8) is 0 Å². The molecule has 0 aliphatic heterocycles. The van der Waals surface area contributed by atoms with Gasteiger partial charge in [-0.25, -0.2) is 9.97 Å². The monoisotopic (exact) mass is 316 g/mol. The van der Waals surface area contributed by atoms with E-state index < -0.39 is 11.7 Å². The third kappa shape index (κ3) is 3.13. The molecular weight excluding hydrogens is 305 g/mol. The Bertz CT molecular complexity index is 832. The zero-order chi connectivity index (χ0) is 16.4. The lowest BCUT2D eigenvalue weighted by molar-refractivity contribution is -0.137. The fourth-order valence-electron chi connectivity index (χ4n) is 2.18. The number of benzene rings is 1. The molecule has 7 heteroatoms. The fourth-order valence-corrected chi connectivity index (χ4v) is 2.18. The first-order chi connectivity index (χ1) is 10.9. The molecule has 3 aromatic rings. The molecule has 0 spiro atoms. The minimum atomic E-state index is -4.50. The molecule has 2 N–H and O–H groups in total. The van der Waals surface area contributed by atoms with E-state index in [4.69, 9.17) is 5.73 Å². The molecule has 4 nitrogen and oxygen atoms in total. The Balaban J connectivity index is 2.18. The number of alkyl halides is 3. The molecule has 0 atom stereocenters. The smallest absolute Gasteiger partial charge is 0.384 e. The van der Waals surface area contributed by atoms with Crippen molar-refractivity contribution in [2.45, 2.75) is 6.18 Å². The van der Waals surface area contributed by atoms with Crippen molar-refractivity contribution in [2.24, 2.45) is 0 Å². The van der Waals surface area contributed by atoms with E-state index in [1.807, 2.05) is 0 Å². The Hall–Kier alpha value is -2.96. The van der Waals surface area contributed by atoms with Crippen LogP contribution in [0, 0.1) is 0 Å². The normalized spacial score (nSPS) is 11.4. The molecule has 0 unspecified atom stereocenters. The van der Waals surface area contributed by atoms with E-state index in [2.05, 4.69) is 15.0 Å². The van der Waals surface area contributed by atoms with Gasteiger partial charge in [0.1, 0.15) is 5.82 Å². The van der Waals surface area contributed by atoms with Gasteiger partial charge in [-0.05, 0) is 18.2 Å². The van der Waals surface area contributed by atoms with Gasteiger partial charge in [0, 0.05) is 29.6 Å². The van der Waals surface area contributed by atoms with Crippen LogP contribution in [0.25, 0.3) is 22.6 Å². The van der Waals surface area contributed by atoms with Gasteiger partial charge in [0.2, 0.25) is 0 Å². The quantitative estimate of drug-likeness (QED) is 0.781. The third-order valence-corrected chi connectivity index (χ3v) is 3.20. The van der Waals surface area contributed by atoms with Gasteiger partial charge in [-0.2, -0.15) is 13.2 Å². The van der Waals surface area contributed by atoms with E-state index in [9.17, 15) is 13.2 Å². The molecule has 23 heavy (non-hydrogen) atoms. The summed E-state index contributed by atoms with van der Waals surface area (Å²) in [5, 5.41) is 0. The van der Waals surface area contributed by atoms with Crippen molar-refractivity contribution >= 4 is 5.82 Å². The largest absolute Gasteiger partial charge is 0.417 e. The Kier molecular flexibility index (Phi) is 3.69. The summed E-state index contributed by atoms with van der Waals surface area (Å²) in [6.07, 6.45) is -1.37. The number of hydrogen-bond donors (Lipinski definition) is 1. The van der Waals surface area contributed by atoms with E-state index in [1.165, 1.54) is 24.3 Å². The topological polar surface area (TPSA) is 64.7 Å². The van der Waals surface area contributed by atoms with Gasteiger partial charge in [-0.15, -0.1) is 0 Å². The lowest BCUT2D eigenvalue weighted by Gasteiger charge is -2.12. The molecule has 3 rings (SSSR count). The zero-order valence-electron chi connectivity index (χ0n) is 11.7. The molecule has 1 aromatic carbocycles. The summed E-state index contributed by atoms with van der Waals surface area (Å²) in [5.74, 6) is 0.0310. The molecule has 2 aromatic heterocycles. The standard InChI is InChI=1S/C16H11F3N4/c17-16(18,19)12-4-2-1-3-11(12)15-22-13(9-14(20)23-15)10-5-7-21-8-6-10/h1-9H,(H2,20,22,23). The summed E-state index contributed by atoms with van der Waals surface area (Å²) >= 11 is 0. The number of nitrogens with zero attached hydrogens (tertiary/aromatic N) is 3. The van der Waals surface area contributed by atoms with Gasteiger partial charge < -0.3 is 5.73 Å². The predicted octanol–water partition coefficient (Wildman–Crippen LogP) is 3.81. The Morgan fingerprint density at radius 3 is 2.30 bits per heavy atom. The summed E-state index contributed by atoms with van der Waals surface area (Å²) in [6.45, 7) is 0. The number of nitrogens with two attached hydrogens (primary N) is 1. The third-order valence-electron chi connectivity index (χ3n) is 3.20. The molecule has 116 valence electrons.